The number of halogens is 3. The van der Waals surface area contributed by atoms with Gasteiger partial charge in [0, 0.05) is 24.4 Å². The van der Waals surface area contributed by atoms with Crippen molar-refractivity contribution in [3.63, 3.8) is 0 Å². The van der Waals surface area contributed by atoms with E-state index >= 15 is 0 Å². The molecule has 3 rings (SSSR count). The summed E-state index contributed by atoms with van der Waals surface area (Å²) in [6.45, 7) is 4.16. The summed E-state index contributed by atoms with van der Waals surface area (Å²) < 4.78 is 27.2. The molecule has 3 heterocycles. The fourth-order valence-electron chi connectivity index (χ4n) is 2.53. The molecular weight excluding hydrogens is 450 g/mol. The number of aryl methyl sites for hydroxylation is 1. The minimum atomic E-state index is -3.19. The van der Waals surface area contributed by atoms with Crippen LogP contribution in [0.5, 0.6) is 0 Å². The van der Waals surface area contributed by atoms with E-state index in [0.717, 1.165) is 23.6 Å². The van der Waals surface area contributed by atoms with Crippen molar-refractivity contribution < 1.29 is 18.4 Å². The molecule has 2 amide bonds. The number of hydrogen-bond donors (Lipinski definition) is 2. The number of carbonyl (C=O) groups excluding carboxylic acids is 2. The van der Waals surface area contributed by atoms with Gasteiger partial charge >= 0.3 is 0 Å². The normalized spacial score (nSPS) is 12.3. The highest BCUT2D eigenvalue weighted by atomic mass is 35.5. The third-order valence-corrected chi connectivity index (χ3v) is 5.55. The fraction of sp³-hybridized carbons (Fsp3) is 0.263. The topological polar surface area (TPSA) is 110 Å². The Hall–Kier alpha value is -3.05. The molecule has 8 nitrogen and oxygen atoms in total. The third-order valence-electron chi connectivity index (χ3n) is 4.07. The van der Waals surface area contributed by atoms with Gasteiger partial charge < -0.3 is 10.6 Å². The lowest BCUT2D eigenvalue weighted by atomic mass is 10.1. The number of rotatable bonds is 6. The first-order valence-electron chi connectivity index (χ1n) is 8.95. The molecule has 2 N–H and O–H groups in total. The van der Waals surface area contributed by atoms with E-state index in [1.807, 2.05) is 0 Å². The van der Waals surface area contributed by atoms with E-state index in [2.05, 4.69) is 30.6 Å². The molecule has 0 saturated carbocycles. The summed E-state index contributed by atoms with van der Waals surface area (Å²) in [4.78, 5) is 40.9. The van der Waals surface area contributed by atoms with Gasteiger partial charge in [0.15, 0.2) is 0 Å². The van der Waals surface area contributed by atoms with Gasteiger partial charge in [-0.05, 0) is 26.0 Å². The van der Waals surface area contributed by atoms with E-state index in [1.54, 1.807) is 19.9 Å². The van der Waals surface area contributed by atoms with E-state index in [0.29, 0.717) is 17.6 Å². The van der Waals surface area contributed by atoms with E-state index in [4.69, 9.17) is 11.6 Å². The van der Waals surface area contributed by atoms with Crippen LogP contribution < -0.4 is 10.6 Å². The number of nitrogens with zero attached hydrogens (tertiary/aromatic N) is 4. The van der Waals surface area contributed by atoms with Crippen LogP contribution in [0, 0.1) is 6.92 Å². The Labute approximate surface area is 185 Å². The van der Waals surface area contributed by atoms with Gasteiger partial charge in [0.25, 0.3) is 17.7 Å². The van der Waals surface area contributed by atoms with Crippen LogP contribution in [-0.2, 0) is 5.92 Å². The van der Waals surface area contributed by atoms with Crippen LogP contribution in [-0.4, -0.2) is 31.8 Å². The Balaban J connectivity index is 1.69. The van der Waals surface area contributed by atoms with Crippen molar-refractivity contribution in [2.24, 2.45) is 0 Å². The number of aromatic nitrogens is 4. The molecule has 0 fully saturated rings. The number of amides is 2. The van der Waals surface area contributed by atoms with Gasteiger partial charge in [0.1, 0.15) is 27.7 Å². The Morgan fingerprint density at radius 2 is 1.87 bits per heavy atom. The molecule has 0 aliphatic rings. The smallest absolute Gasteiger partial charge is 0.272 e. The van der Waals surface area contributed by atoms with Gasteiger partial charge in [-0.1, -0.05) is 11.6 Å². The van der Waals surface area contributed by atoms with Gasteiger partial charge in [-0.15, -0.1) is 11.3 Å². The van der Waals surface area contributed by atoms with Crippen LogP contribution in [0.3, 0.4) is 0 Å². The lowest BCUT2D eigenvalue weighted by Gasteiger charge is -2.13. The van der Waals surface area contributed by atoms with Crippen LogP contribution in [0.25, 0.3) is 0 Å². The molecule has 162 valence electrons. The molecule has 0 saturated heterocycles. The lowest BCUT2D eigenvalue weighted by Crippen LogP contribution is -2.27. The molecule has 0 aliphatic carbocycles. The minimum absolute atomic E-state index is 0.0682. The molecule has 1 atom stereocenters. The van der Waals surface area contributed by atoms with Crippen LogP contribution in [0.2, 0.25) is 5.02 Å². The molecule has 31 heavy (non-hydrogen) atoms. The zero-order valence-corrected chi connectivity index (χ0v) is 18.2. The van der Waals surface area contributed by atoms with Crippen molar-refractivity contribution in [3.05, 3.63) is 62.7 Å². The van der Waals surface area contributed by atoms with Crippen molar-refractivity contribution >= 4 is 40.6 Å². The molecule has 0 aliphatic heterocycles. The van der Waals surface area contributed by atoms with Gasteiger partial charge in [-0.25, -0.2) is 28.7 Å². The van der Waals surface area contributed by atoms with Crippen LogP contribution in [0.1, 0.15) is 56.3 Å². The average Bonchev–Trinajstić information content (AvgIpc) is 3.19. The SMILES string of the molecule is Cc1cc(C(=O)NC(C)c2ncc(C(=O)Nc3cc(C(C)(F)F)c(Cl)cn3)s2)ncn1. The summed E-state index contributed by atoms with van der Waals surface area (Å²) in [5.41, 5.74) is 0.424. The van der Waals surface area contributed by atoms with Crippen molar-refractivity contribution in [3.8, 4) is 0 Å². The average molecular weight is 467 g/mol. The molecule has 12 heteroatoms. The first kappa shape index (κ1) is 22.6. The monoisotopic (exact) mass is 466 g/mol. The predicted molar refractivity (Wildman–Crippen MR) is 112 cm³/mol. The maximum atomic E-state index is 13.6. The second-order valence-corrected chi connectivity index (χ2v) is 8.16. The van der Waals surface area contributed by atoms with Crippen LogP contribution in [0.4, 0.5) is 14.6 Å². The van der Waals surface area contributed by atoms with Crippen LogP contribution in [0.15, 0.2) is 30.9 Å². The second-order valence-electron chi connectivity index (χ2n) is 6.69. The number of carbonyl (C=O) groups is 2. The summed E-state index contributed by atoms with van der Waals surface area (Å²) in [6, 6.07) is 2.08. The quantitative estimate of drug-likeness (QED) is 0.565. The van der Waals surface area contributed by atoms with E-state index in [9.17, 15) is 18.4 Å². The zero-order chi connectivity index (χ0) is 22.8. The molecule has 3 aromatic rings. The van der Waals surface area contributed by atoms with Gasteiger partial charge in [-0.2, -0.15) is 0 Å². The fourth-order valence-corrected chi connectivity index (χ4v) is 3.61. The number of anilines is 1. The number of pyridine rings is 1. The molecule has 3 aromatic heterocycles. The predicted octanol–water partition coefficient (Wildman–Crippen LogP) is 4.14. The molecule has 0 radical (unpaired) electrons. The first-order chi connectivity index (χ1) is 14.5. The van der Waals surface area contributed by atoms with Crippen molar-refractivity contribution in [1.82, 2.24) is 25.3 Å². The highest BCUT2D eigenvalue weighted by Crippen LogP contribution is 2.33. The van der Waals surface area contributed by atoms with Crippen LogP contribution >= 0.6 is 22.9 Å². The Bertz CT molecular complexity index is 1130. The van der Waals surface area contributed by atoms with E-state index in [1.165, 1.54) is 12.5 Å². The number of nitrogens with one attached hydrogen (secondary N) is 2. The summed E-state index contributed by atoms with van der Waals surface area (Å²) in [5, 5.41) is 5.48. The lowest BCUT2D eigenvalue weighted by molar-refractivity contribution is 0.0175. The van der Waals surface area contributed by atoms with E-state index in [-0.39, 0.29) is 21.4 Å². The van der Waals surface area contributed by atoms with Crippen molar-refractivity contribution in [2.45, 2.75) is 32.7 Å². The molecule has 0 spiro atoms. The minimum Gasteiger partial charge on any atom is -0.342 e. The summed E-state index contributed by atoms with van der Waals surface area (Å²) in [5.74, 6) is -4.24. The molecular formula is C19H17ClF2N6O2S. The maximum absolute atomic E-state index is 13.6. The Kier molecular flexibility index (Phi) is 6.56. The van der Waals surface area contributed by atoms with Crippen molar-refractivity contribution in [2.75, 3.05) is 5.32 Å². The second kappa shape index (κ2) is 8.98. The van der Waals surface area contributed by atoms with Gasteiger partial charge in [-0.3, -0.25) is 9.59 Å². The summed E-state index contributed by atoms with van der Waals surface area (Å²) >= 11 is 6.81. The Morgan fingerprint density at radius 3 is 2.55 bits per heavy atom. The summed E-state index contributed by atoms with van der Waals surface area (Å²) in [7, 11) is 0. The largest absolute Gasteiger partial charge is 0.342 e. The van der Waals surface area contributed by atoms with Gasteiger partial charge in [0.05, 0.1) is 17.3 Å². The number of hydrogen-bond acceptors (Lipinski definition) is 7. The standard InChI is InChI=1S/C19H17ClF2N6O2S/c1-9-4-13(26-8-25-9)16(29)27-10(2)18-24-7-14(31-18)17(30)28-15-5-11(19(3,21)22)12(20)6-23-15/h4-8,10H,1-3H3,(H,27,29)(H,23,28,30). The zero-order valence-electron chi connectivity index (χ0n) is 16.6. The number of thiazole rings is 1. The number of alkyl halides is 2. The van der Waals surface area contributed by atoms with Crippen molar-refractivity contribution in [1.29, 1.82) is 0 Å². The first-order valence-corrected chi connectivity index (χ1v) is 10.1. The Morgan fingerprint density at radius 1 is 1.13 bits per heavy atom. The summed E-state index contributed by atoms with van der Waals surface area (Å²) in [6.07, 6.45) is 3.68. The highest BCUT2D eigenvalue weighted by molar-refractivity contribution is 7.13. The molecule has 1 unspecified atom stereocenters. The molecule has 0 bridgehead atoms. The third kappa shape index (κ3) is 5.56. The highest BCUT2D eigenvalue weighted by Gasteiger charge is 2.28. The molecule has 0 aromatic carbocycles. The maximum Gasteiger partial charge on any atom is 0.272 e. The van der Waals surface area contributed by atoms with E-state index < -0.39 is 29.3 Å². The van der Waals surface area contributed by atoms with Gasteiger partial charge in [0.2, 0.25) is 0 Å².